The van der Waals surface area contributed by atoms with Crippen LogP contribution in [0.5, 0.6) is 5.75 Å². The first-order chi connectivity index (χ1) is 7.99. The maximum atomic E-state index is 12.6. The highest BCUT2D eigenvalue weighted by Crippen LogP contribution is 2.32. The third kappa shape index (κ3) is 3.91. The highest BCUT2D eigenvalue weighted by molar-refractivity contribution is 5.38. The van der Waals surface area contributed by atoms with Crippen molar-refractivity contribution in [1.29, 1.82) is 0 Å². The van der Waals surface area contributed by atoms with Gasteiger partial charge in [0, 0.05) is 5.56 Å². The van der Waals surface area contributed by atoms with E-state index in [9.17, 15) is 17.6 Å². The maximum Gasteiger partial charge on any atom is 0.416 e. The summed E-state index contributed by atoms with van der Waals surface area (Å²) in [5.74, 6) is 0.189. The molecule has 1 aromatic carbocycles. The highest BCUT2D eigenvalue weighted by atomic mass is 19.4. The molecule has 0 aliphatic carbocycles. The van der Waals surface area contributed by atoms with Crippen LogP contribution in [0.3, 0.4) is 0 Å². The summed E-state index contributed by atoms with van der Waals surface area (Å²) in [6.45, 7) is 1.38. The van der Waals surface area contributed by atoms with Crippen LogP contribution in [0.2, 0.25) is 0 Å². The van der Waals surface area contributed by atoms with Crippen molar-refractivity contribution in [2.45, 2.75) is 32.6 Å². The molecule has 1 nitrogen and oxygen atoms in total. The zero-order valence-electron chi connectivity index (χ0n) is 9.48. The Morgan fingerprint density at radius 3 is 2.47 bits per heavy atom. The first kappa shape index (κ1) is 13.8. The van der Waals surface area contributed by atoms with Gasteiger partial charge in [-0.25, -0.2) is 4.39 Å². The molecular weight excluding hydrogens is 236 g/mol. The van der Waals surface area contributed by atoms with Crippen molar-refractivity contribution in [3.8, 4) is 5.75 Å². The Labute approximate surface area is 97.4 Å². The van der Waals surface area contributed by atoms with Crippen LogP contribution in [-0.4, -0.2) is 6.61 Å². The fourth-order valence-corrected chi connectivity index (χ4v) is 1.33. The Hall–Kier alpha value is -1.26. The average molecular weight is 250 g/mol. The normalized spacial score (nSPS) is 11.6. The molecule has 0 amide bonds. The second-order valence-electron chi connectivity index (χ2n) is 3.66. The van der Waals surface area contributed by atoms with Crippen molar-refractivity contribution < 1.29 is 22.3 Å². The Bertz CT molecular complexity index is 360. The molecule has 0 aromatic heterocycles. The molecule has 96 valence electrons. The van der Waals surface area contributed by atoms with Gasteiger partial charge in [0.1, 0.15) is 12.4 Å². The molecule has 0 radical (unpaired) electrons. The van der Waals surface area contributed by atoms with E-state index in [2.05, 4.69) is 0 Å². The number of ether oxygens (including phenoxy) is 1. The van der Waals surface area contributed by atoms with E-state index in [1.54, 1.807) is 0 Å². The fourth-order valence-electron chi connectivity index (χ4n) is 1.33. The summed E-state index contributed by atoms with van der Waals surface area (Å²) < 4.78 is 55.0. The molecule has 17 heavy (non-hydrogen) atoms. The van der Waals surface area contributed by atoms with Crippen LogP contribution in [0.25, 0.3) is 0 Å². The zero-order chi connectivity index (χ0) is 12.9. The third-order valence-corrected chi connectivity index (χ3v) is 2.29. The van der Waals surface area contributed by atoms with Crippen LogP contribution in [0, 0.1) is 0 Å². The molecule has 1 aromatic rings. The molecule has 0 atom stereocenters. The fraction of sp³-hybridized carbons (Fsp3) is 0.500. The molecule has 0 aliphatic heterocycles. The van der Waals surface area contributed by atoms with Gasteiger partial charge in [-0.2, -0.15) is 13.2 Å². The zero-order valence-corrected chi connectivity index (χ0v) is 9.48. The van der Waals surface area contributed by atoms with Gasteiger partial charge < -0.3 is 4.74 Å². The molecule has 0 aliphatic rings. The van der Waals surface area contributed by atoms with Gasteiger partial charge >= 0.3 is 6.18 Å². The first-order valence-electron chi connectivity index (χ1n) is 5.38. The van der Waals surface area contributed by atoms with Gasteiger partial charge in [0.05, 0.1) is 12.2 Å². The molecule has 5 heteroatoms. The third-order valence-electron chi connectivity index (χ3n) is 2.29. The minimum Gasteiger partial charge on any atom is -0.493 e. The molecule has 0 saturated heterocycles. The van der Waals surface area contributed by atoms with Crippen molar-refractivity contribution in [3.05, 3.63) is 29.3 Å². The second-order valence-corrected chi connectivity index (χ2v) is 3.66. The Kier molecular flexibility index (Phi) is 4.78. The summed E-state index contributed by atoms with van der Waals surface area (Å²) >= 11 is 0. The first-order valence-corrected chi connectivity index (χ1v) is 5.38. The Morgan fingerprint density at radius 1 is 1.24 bits per heavy atom. The summed E-state index contributed by atoms with van der Waals surface area (Å²) in [7, 11) is 0. The standard InChI is InChI=1S/C12H14F4O/c1-2-3-6-17-11-5-4-10(12(14,15)16)7-9(11)8-13/h4-5,7H,2-3,6,8H2,1H3. The van der Waals surface area contributed by atoms with E-state index >= 15 is 0 Å². The van der Waals surface area contributed by atoms with Gasteiger partial charge in [-0.1, -0.05) is 13.3 Å². The van der Waals surface area contributed by atoms with Gasteiger partial charge in [0.2, 0.25) is 0 Å². The van der Waals surface area contributed by atoms with E-state index in [0.717, 1.165) is 25.0 Å². The van der Waals surface area contributed by atoms with E-state index in [0.29, 0.717) is 6.61 Å². The van der Waals surface area contributed by atoms with Gasteiger partial charge in [-0.15, -0.1) is 0 Å². The molecule has 0 heterocycles. The molecule has 0 spiro atoms. The number of hydrogen-bond acceptors (Lipinski definition) is 1. The maximum absolute atomic E-state index is 12.6. The van der Waals surface area contributed by atoms with Crippen LogP contribution < -0.4 is 4.74 Å². The molecule has 1 rings (SSSR count). The second kappa shape index (κ2) is 5.89. The van der Waals surface area contributed by atoms with Crippen LogP contribution in [0.1, 0.15) is 30.9 Å². The number of unbranched alkanes of at least 4 members (excludes halogenated alkanes) is 1. The van der Waals surface area contributed by atoms with Gasteiger partial charge in [0.15, 0.2) is 0 Å². The number of hydrogen-bond donors (Lipinski definition) is 0. The van der Waals surface area contributed by atoms with E-state index in [1.165, 1.54) is 6.07 Å². The SMILES string of the molecule is CCCCOc1ccc(C(F)(F)F)cc1CF. The summed E-state index contributed by atoms with van der Waals surface area (Å²) in [4.78, 5) is 0. The van der Waals surface area contributed by atoms with Crippen molar-refractivity contribution in [2.75, 3.05) is 6.61 Å². The average Bonchev–Trinajstić information content (AvgIpc) is 2.28. The van der Waals surface area contributed by atoms with Crippen molar-refractivity contribution >= 4 is 0 Å². The molecular formula is C12H14F4O. The summed E-state index contributed by atoms with van der Waals surface area (Å²) in [5.41, 5.74) is -0.913. The molecule has 0 saturated carbocycles. The lowest BCUT2D eigenvalue weighted by molar-refractivity contribution is -0.137. The van der Waals surface area contributed by atoms with Crippen molar-refractivity contribution in [2.24, 2.45) is 0 Å². The van der Waals surface area contributed by atoms with E-state index in [-0.39, 0.29) is 11.3 Å². The van der Waals surface area contributed by atoms with Crippen LogP contribution >= 0.6 is 0 Å². The predicted octanol–water partition coefficient (Wildman–Crippen LogP) is 4.35. The lowest BCUT2D eigenvalue weighted by Gasteiger charge is -2.12. The van der Waals surface area contributed by atoms with E-state index < -0.39 is 18.4 Å². The quantitative estimate of drug-likeness (QED) is 0.557. The lowest BCUT2D eigenvalue weighted by Crippen LogP contribution is -2.07. The molecule has 0 bridgehead atoms. The predicted molar refractivity (Wildman–Crippen MR) is 56.7 cm³/mol. The van der Waals surface area contributed by atoms with Gasteiger partial charge in [-0.05, 0) is 24.6 Å². The lowest BCUT2D eigenvalue weighted by atomic mass is 10.1. The number of rotatable bonds is 5. The summed E-state index contributed by atoms with van der Waals surface area (Å²) in [5, 5.41) is 0. The van der Waals surface area contributed by atoms with Crippen molar-refractivity contribution in [3.63, 3.8) is 0 Å². The Morgan fingerprint density at radius 2 is 1.94 bits per heavy atom. The van der Waals surface area contributed by atoms with Crippen LogP contribution in [0.15, 0.2) is 18.2 Å². The minimum atomic E-state index is -4.45. The van der Waals surface area contributed by atoms with E-state index in [4.69, 9.17) is 4.74 Å². The minimum absolute atomic E-state index is 0.0593. The van der Waals surface area contributed by atoms with Gasteiger partial charge in [-0.3, -0.25) is 0 Å². The summed E-state index contributed by atoms with van der Waals surface area (Å²) in [6.07, 6.45) is -2.76. The number of alkyl halides is 4. The van der Waals surface area contributed by atoms with Gasteiger partial charge in [0.25, 0.3) is 0 Å². The highest BCUT2D eigenvalue weighted by Gasteiger charge is 2.31. The van der Waals surface area contributed by atoms with Crippen molar-refractivity contribution in [1.82, 2.24) is 0 Å². The monoisotopic (exact) mass is 250 g/mol. The molecule has 0 fully saturated rings. The molecule has 0 unspecified atom stereocenters. The Balaban J connectivity index is 2.86. The number of benzene rings is 1. The number of halogens is 4. The largest absolute Gasteiger partial charge is 0.493 e. The molecule has 0 N–H and O–H groups in total. The van der Waals surface area contributed by atoms with Crippen LogP contribution in [0.4, 0.5) is 17.6 Å². The smallest absolute Gasteiger partial charge is 0.416 e. The van der Waals surface area contributed by atoms with E-state index in [1.807, 2.05) is 6.92 Å². The summed E-state index contributed by atoms with van der Waals surface area (Å²) in [6, 6.07) is 2.87. The van der Waals surface area contributed by atoms with Crippen LogP contribution in [-0.2, 0) is 12.9 Å². The topological polar surface area (TPSA) is 9.23 Å².